The maximum atomic E-state index is 10.8. The van der Waals surface area contributed by atoms with Crippen molar-refractivity contribution in [3.8, 4) is 0 Å². The number of unbranched alkanes of at least 4 members (excludes halogenated alkanes) is 3. The fourth-order valence-corrected chi connectivity index (χ4v) is 1.89. The lowest BCUT2D eigenvalue weighted by Crippen LogP contribution is -1.96. The predicted molar refractivity (Wildman–Crippen MR) is 69.7 cm³/mol. The topological polar surface area (TPSA) is 63.4 Å². The van der Waals surface area contributed by atoms with Gasteiger partial charge in [0.2, 0.25) is 0 Å². The largest absolute Gasteiger partial charge is 0.396 e. The minimum absolute atomic E-state index is 0.151. The molecular formula is C12H15BrNO3. The van der Waals surface area contributed by atoms with Crippen LogP contribution in [0.1, 0.15) is 24.8 Å². The molecule has 1 aromatic carbocycles. The Morgan fingerprint density at radius 3 is 2.82 bits per heavy atom. The average molecular weight is 301 g/mol. The first-order valence-electron chi connectivity index (χ1n) is 5.50. The standard InChI is InChI=1S/C12H15BrNO3/c13-11-7-6-10(12(9-11)14(16)17)5-3-1-2-4-8-15/h3,6-7,9,15H,1-2,4-5,8H2. The smallest absolute Gasteiger partial charge is 0.273 e. The van der Waals surface area contributed by atoms with Crippen LogP contribution in [0.15, 0.2) is 22.7 Å². The molecule has 0 saturated heterocycles. The van der Waals surface area contributed by atoms with Crippen LogP contribution in [0.25, 0.3) is 0 Å². The van der Waals surface area contributed by atoms with E-state index < -0.39 is 0 Å². The Morgan fingerprint density at radius 2 is 2.18 bits per heavy atom. The zero-order valence-corrected chi connectivity index (χ0v) is 11.0. The first kappa shape index (κ1) is 14.1. The number of hydrogen-bond acceptors (Lipinski definition) is 3. The lowest BCUT2D eigenvalue weighted by Gasteiger charge is -2.03. The van der Waals surface area contributed by atoms with Crippen LogP contribution in [-0.2, 0) is 6.42 Å². The molecular weight excluding hydrogens is 286 g/mol. The van der Waals surface area contributed by atoms with Gasteiger partial charge in [0.05, 0.1) is 4.92 Å². The maximum absolute atomic E-state index is 10.8. The summed E-state index contributed by atoms with van der Waals surface area (Å²) in [5.74, 6) is 0. The minimum Gasteiger partial charge on any atom is -0.396 e. The Labute approximate surface area is 109 Å². The van der Waals surface area contributed by atoms with Crippen LogP contribution in [0.2, 0.25) is 0 Å². The van der Waals surface area contributed by atoms with Gasteiger partial charge in [0.1, 0.15) is 0 Å². The second-order valence-corrected chi connectivity index (χ2v) is 4.66. The van der Waals surface area contributed by atoms with Gasteiger partial charge in [-0.25, -0.2) is 0 Å². The monoisotopic (exact) mass is 300 g/mol. The zero-order chi connectivity index (χ0) is 12.7. The molecule has 5 heteroatoms. The number of halogens is 1. The normalized spacial score (nSPS) is 10.5. The summed E-state index contributed by atoms with van der Waals surface area (Å²) in [5, 5.41) is 19.5. The molecule has 93 valence electrons. The van der Waals surface area contributed by atoms with Crippen LogP contribution < -0.4 is 0 Å². The first-order chi connectivity index (χ1) is 8.15. The van der Waals surface area contributed by atoms with Gasteiger partial charge in [-0.3, -0.25) is 10.1 Å². The predicted octanol–water partition coefficient (Wildman–Crippen LogP) is 3.27. The molecule has 1 radical (unpaired) electrons. The van der Waals surface area contributed by atoms with Crippen LogP contribution in [0.3, 0.4) is 0 Å². The number of aliphatic hydroxyl groups excluding tert-OH is 1. The summed E-state index contributed by atoms with van der Waals surface area (Å²) in [7, 11) is 0. The van der Waals surface area contributed by atoms with E-state index in [-0.39, 0.29) is 17.2 Å². The third kappa shape index (κ3) is 4.83. The first-order valence-corrected chi connectivity index (χ1v) is 6.30. The van der Waals surface area contributed by atoms with Gasteiger partial charge in [0.25, 0.3) is 5.69 Å². The van der Waals surface area contributed by atoms with Gasteiger partial charge in [-0.15, -0.1) is 0 Å². The van der Waals surface area contributed by atoms with E-state index in [1.165, 1.54) is 6.07 Å². The molecule has 0 bridgehead atoms. The summed E-state index contributed by atoms with van der Waals surface area (Å²) in [6, 6.07) is 5.10. The molecule has 0 amide bonds. The molecule has 0 fully saturated rings. The number of hydrogen-bond donors (Lipinski definition) is 1. The van der Waals surface area contributed by atoms with Gasteiger partial charge in [-0.1, -0.05) is 28.4 Å². The summed E-state index contributed by atoms with van der Waals surface area (Å²) in [6.45, 7) is 0.201. The van der Waals surface area contributed by atoms with Crippen LogP contribution >= 0.6 is 15.9 Å². The molecule has 0 aliphatic rings. The molecule has 4 nitrogen and oxygen atoms in total. The molecule has 0 aliphatic carbocycles. The number of rotatable bonds is 7. The lowest BCUT2D eigenvalue weighted by molar-refractivity contribution is -0.385. The van der Waals surface area contributed by atoms with E-state index in [9.17, 15) is 10.1 Å². The highest BCUT2D eigenvalue weighted by molar-refractivity contribution is 9.10. The number of nitrogens with zero attached hydrogens (tertiary/aromatic N) is 1. The Morgan fingerprint density at radius 1 is 1.41 bits per heavy atom. The highest BCUT2D eigenvalue weighted by atomic mass is 79.9. The van der Waals surface area contributed by atoms with Gasteiger partial charge in [0.15, 0.2) is 0 Å². The summed E-state index contributed by atoms with van der Waals surface area (Å²) in [4.78, 5) is 10.5. The van der Waals surface area contributed by atoms with Crippen molar-refractivity contribution in [1.29, 1.82) is 0 Å². The van der Waals surface area contributed by atoms with Crippen molar-refractivity contribution in [1.82, 2.24) is 0 Å². The highest BCUT2D eigenvalue weighted by Gasteiger charge is 2.13. The van der Waals surface area contributed by atoms with Crippen LogP contribution in [0.4, 0.5) is 5.69 Å². The van der Waals surface area contributed by atoms with Crippen molar-refractivity contribution in [2.24, 2.45) is 0 Å². The van der Waals surface area contributed by atoms with Gasteiger partial charge >= 0.3 is 0 Å². The summed E-state index contributed by atoms with van der Waals surface area (Å²) in [6.07, 6.45) is 5.18. The number of nitro groups is 1. The molecule has 0 unspecified atom stereocenters. The Balaban J connectivity index is 2.55. The molecule has 1 aromatic rings. The fraction of sp³-hybridized carbons (Fsp3) is 0.417. The van der Waals surface area contributed by atoms with Crippen LogP contribution in [0.5, 0.6) is 0 Å². The van der Waals surface area contributed by atoms with E-state index in [2.05, 4.69) is 15.9 Å². The van der Waals surface area contributed by atoms with Crippen LogP contribution in [-0.4, -0.2) is 16.6 Å². The molecule has 0 spiro atoms. The SMILES string of the molecule is O=[N+]([O-])c1cc(Br)ccc1C[CH]CCCCO. The van der Waals surface area contributed by atoms with Crippen molar-refractivity contribution in [3.63, 3.8) is 0 Å². The quantitative estimate of drug-likeness (QED) is 0.477. The van der Waals surface area contributed by atoms with E-state index in [4.69, 9.17) is 5.11 Å². The van der Waals surface area contributed by atoms with E-state index in [1.807, 2.05) is 12.5 Å². The summed E-state index contributed by atoms with van der Waals surface area (Å²) < 4.78 is 0.716. The molecule has 1 N–H and O–H groups in total. The Bertz CT molecular complexity index is 382. The number of nitro benzene ring substituents is 1. The second-order valence-electron chi connectivity index (χ2n) is 3.74. The molecule has 1 rings (SSSR count). The van der Waals surface area contributed by atoms with E-state index in [0.717, 1.165) is 24.8 Å². The third-order valence-electron chi connectivity index (χ3n) is 2.42. The average Bonchev–Trinajstić information content (AvgIpc) is 2.30. The van der Waals surface area contributed by atoms with E-state index in [1.54, 1.807) is 6.07 Å². The van der Waals surface area contributed by atoms with Gasteiger partial charge in [-0.05, 0) is 31.7 Å². The van der Waals surface area contributed by atoms with Crippen molar-refractivity contribution in [2.45, 2.75) is 25.7 Å². The summed E-state index contributed by atoms with van der Waals surface area (Å²) in [5.41, 5.74) is 0.875. The number of aliphatic hydroxyl groups is 1. The Hall–Kier alpha value is -0.940. The molecule has 0 saturated carbocycles. The zero-order valence-electron chi connectivity index (χ0n) is 9.43. The second kappa shape index (κ2) is 7.40. The van der Waals surface area contributed by atoms with Crippen molar-refractivity contribution in [2.75, 3.05) is 6.61 Å². The molecule has 0 atom stereocenters. The molecule has 17 heavy (non-hydrogen) atoms. The highest BCUT2D eigenvalue weighted by Crippen LogP contribution is 2.24. The molecule has 0 heterocycles. The van der Waals surface area contributed by atoms with Crippen molar-refractivity contribution >= 4 is 21.6 Å². The minimum atomic E-state index is -0.359. The summed E-state index contributed by atoms with van der Waals surface area (Å²) >= 11 is 3.22. The van der Waals surface area contributed by atoms with E-state index in [0.29, 0.717) is 10.9 Å². The lowest BCUT2D eigenvalue weighted by atomic mass is 10.0. The van der Waals surface area contributed by atoms with Crippen LogP contribution in [0, 0.1) is 16.5 Å². The fourth-order valence-electron chi connectivity index (χ4n) is 1.54. The number of benzene rings is 1. The Kier molecular flexibility index (Phi) is 6.15. The van der Waals surface area contributed by atoms with Gasteiger partial charge in [0, 0.05) is 22.7 Å². The van der Waals surface area contributed by atoms with E-state index >= 15 is 0 Å². The third-order valence-corrected chi connectivity index (χ3v) is 2.92. The van der Waals surface area contributed by atoms with Gasteiger partial charge in [-0.2, -0.15) is 0 Å². The van der Waals surface area contributed by atoms with Crippen molar-refractivity contribution in [3.05, 3.63) is 44.8 Å². The molecule has 0 aromatic heterocycles. The van der Waals surface area contributed by atoms with Gasteiger partial charge < -0.3 is 5.11 Å². The maximum Gasteiger partial charge on any atom is 0.273 e. The van der Waals surface area contributed by atoms with Crippen molar-refractivity contribution < 1.29 is 10.0 Å². The molecule has 0 aliphatic heterocycles.